The van der Waals surface area contributed by atoms with Crippen LogP contribution in [0.4, 0.5) is 5.69 Å². The van der Waals surface area contributed by atoms with Crippen LogP contribution in [0.3, 0.4) is 0 Å². The molecule has 0 fully saturated rings. The predicted molar refractivity (Wildman–Crippen MR) is 114 cm³/mol. The molecule has 138 valence electrons. The molecule has 1 amide bonds. The first-order chi connectivity index (χ1) is 13.5. The molecule has 0 aromatic heterocycles. The highest BCUT2D eigenvalue weighted by Gasteiger charge is 2.10. The normalized spacial score (nSPS) is 10.9. The number of rotatable bonds is 5. The summed E-state index contributed by atoms with van der Waals surface area (Å²) in [6.45, 7) is 0. The van der Waals surface area contributed by atoms with E-state index in [1.54, 1.807) is 18.2 Å². The average Bonchev–Trinajstić information content (AvgIpc) is 2.70. The Morgan fingerprint density at radius 2 is 1.71 bits per heavy atom. The number of anilines is 1. The van der Waals surface area contributed by atoms with Crippen molar-refractivity contribution in [1.29, 1.82) is 5.26 Å². The predicted octanol–water partition coefficient (Wildman–Crippen LogP) is 5.29. The molecular weight excluding hydrogens is 416 g/mol. The van der Waals surface area contributed by atoms with Crippen LogP contribution >= 0.6 is 15.9 Å². The minimum Gasteiger partial charge on any atom is -0.508 e. The van der Waals surface area contributed by atoms with E-state index in [2.05, 4.69) is 27.3 Å². The van der Waals surface area contributed by atoms with Crippen molar-refractivity contribution in [2.75, 3.05) is 5.32 Å². The summed E-state index contributed by atoms with van der Waals surface area (Å²) in [5.74, 6) is -0.387. The van der Waals surface area contributed by atoms with Crippen molar-refractivity contribution in [3.8, 4) is 11.8 Å². The van der Waals surface area contributed by atoms with Gasteiger partial charge in [0.1, 0.15) is 17.4 Å². The molecule has 0 unspecified atom stereocenters. The van der Waals surface area contributed by atoms with E-state index in [0.29, 0.717) is 5.69 Å². The van der Waals surface area contributed by atoms with Crippen LogP contribution in [0.15, 0.2) is 82.8 Å². The van der Waals surface area contributed by atoms with Gasteiger partial charge in [0.05, 0.1) is 0 Å². The lowest BCUT2D eigenvalue weighted by molar-refractivity contribution is -0.112. The van der Waals surface area contributed by atoms with E-state index in [9.17, 15) is 15.2 Å². The number of nitrogens with one attached hydrogen (secondary N) is 1. The number of carbonyl (C=O) groups excluding carboxylic acids is 1. The number of halogens is 1. The Bertz CT molecular complexity index is 1050. The molecule has 3 rings (SSSR count). The lowest BCUT2D eigenvalue weighted by atomic mass is 10.0. The summed E-state index contributed by atoms with van der Waals surface area (Å²) in [7, 11) is 0. The number of nitrogens with zero attached hydrogens (tertiary/aromatic N) is 1. The molecule has 0 spiro atoms. The van der Waals surface area contributed by atoms with Crippen LogP contribution in [0.5, 0.6) is 5.75 Å². The van der Waals surface area contributed by atoms with Crippen LogP contribution in [-0.4, -0.2) is 11.0 Å². The smallest absolute Gasteiger partial charge is 0.266 e. The monoisotopic (exact) mass is 432 g/mol. The first-order valence-corrected chi connectivity index (χ1v) is 9.39. The second-order valence-corrected chi connectivity index (χ2v) is 7.03. The number of phenols is 1. The largest absolute Gasteiger partial charge is 0.508 e. The highest BCUT2D eigenvalue weighted by molar-refractivity contribution is 9.10. The number of phenolic OH excluding ortho intramolecular Hbond substituents is 1. The van der Waals surface area contributed by atoms with E-state index in [0.717, 1.165) is 22.0 Å². The third-order valence-electron chi connectivity index (χ3n) is 4.13. The third-order valence-corrected chi connectivity index (χ3v) is 4.91. The van der Waals surface area contributed by atoms with Crippen LogP contribution < -0.4 is 5.32 Å². The number of hydrogen-bond acceptors (Lipinski definition) is 3. The van der Waals surface area contributed by atoms with Gasteiger partial charge in [-0.15, -0.1) is 0 Å². The lowest BCUT2D eigenvalue weighted by Crippen LogP contribution is -2.13. The number of nitriles is 1. The molecular formula is C23H17BrN2O2. The summed E-state index contributed by atoms with van der Waals surface area (Å²) in [6.07, 6.45) is 2.34. The quantitative estimate of drug-likeness (QED) is 0.326. The Labute approximate surface area is 171 Å². The van der Waals surface area contributed by atoms with Gasteiger partial charge >= 0.3 is 0 Å². The molecule has 0 aliphatic rings. The van der Waals surface area contributed by atoms with Gasteiger partial charge in [0.25, 0.3) is 5.91 Å². The molecule has 3 aromatic carbocycles. The van der Waals surface area contributed by atoms with Crippen LogP contribution in [0.2, 0.25) is 0 Å². The minimum absolute atomic E-state index is 0.00614. The topological polar surface area (TPSA) is 73.1 Å². The second-order valence-electron chi connectivity index (χ2n) is 6.18. The Hall–Kier alpha value is -3.36. The van der Waals surface area contributed by atoms with Gasteiger partial charge in [-0.2, -0.15) is 5.26 Å². The van der Waals surface area contributed by atoms with Gasteiger partial charge < -0.3 is 10.4 Å². The Morgan fingerprint density at radius 1 is 1.04 bits per heavy atom. The second kappa shape index (κ2) is 9.03. The third kappa shape index (κ3) is 5.09. The maximum Gasteiger partial charge on any atom is 0.266 e. The zero-order chi connectivity index (χ0) is 19.9. The molecule has 0 bridgehead atoms. The van der Waals surface area contributed by atoms with E-state index in [1.165, 1.54) is 17.7 Å². The van der Waals surface area contributed by atoms with Gasteiger partial charge in [-0.25, -0.2) is 0 Å². The van der Waals surface area contributed by atoms with Crippen molar-refractivity contribution in [1.82, 2.24) is 0 Å². The van der Waals surface area contributed by atoms with Crippen molar-refractivity contribution in [3.63, 3.8) is 0 Å². The van der Waals surface area contributed by atoms with Crippen LogP contribution in [-0.2, 0) is 11.2 Å². The van der Waals surface area contributed by atoms with Crippen molar-refractivity contribution in [2.24, 2.45) is 0 Å². The number of amides is 1. The van der Waals surface area contributed by atoms with Crippen LogP contribution in [0, 0.1) is 11.3 Å². The molecule has 0 saturated heterocycles. The zero-order valence-corrected chi connectivity index (χ0v) is 16.5. The van der Waals surface area contributed by atoms with Crippen molar-refractivity contribution >= 4 is 33.6 Å². The van der Waals surface area contributed by atoms with Gasteiger partial charge in [-0.1, -0.05) is 58.4 Å². The Morgan fingerprint density at radius 3 is 2.36 bits per heavy atom. The summed E-state index contributed by atoms with van der Waals surface area (Å²) in [5, 5.41) is 21.3. The molecule has 0 saturated carbocycles. The number of aromatic hydroxyl groups is 1. The first-order valence-electron chi connectivity index (χ1n) is 8.59. The summed E-state index contributed by atoms with van der Waals surface area (Å²) >= 11 is 3.55. The number of benzene rings is 3. The van der Waals surface area contributed by atoms with Crippen molar-refractivity contribution in [3.05, 3.63) is 99.5 Å². The fraction of sp³-hybridized carbons (Fsp3) is 0.0435. The Balaban J connectivity index is 1.72. The van der Waals surface area contributed by atoms with E-state index >= 15 is 0 Å². The molecule has 2 N–H and O–H groups in total. The standard InChI is InChI=1S/C23H17BrN2O2/c24-22-4-2-1-3-18(22)13-16-5-7-17(8-6-16)14-19(15-25)23(28)26-20-9-11-21(27)12-10-20/h1-12,14,27H,13H2,(H,26,28)/b19-14+. The van der Waals surface area contributed by atoms with Crippen molar-refractivity contribution < 1.29 is 9.90 Å². The summed E-state index contributed by atoms with van der Waals surface area (Å²) in [5.41, 5.74) is 3.61. The van der Waals surface area contributed by atoms with Gasteiger partial charge in [-0.05, 0) is 59.5 Å². The number of carbonyl (C=O) groups is 1. The molecule has 3 aromatic rings. The fourth-order valence-corrected chi connectivity index (χ4v) is 3.08. The average molecular weight is 433 g/mol. The van der Waals surface area contributed by atoms with Gasteiger partial charge in [0.2, 0.25) is 0 Å². The van der Waals surface area contributed by atoms with Gasteiger partial charge in [-0.3, -0.25) is 4.79 Å². The molecule has 0 aliphatic carbocycles. The molecule has 4 nitrogen and oxygen atoms in total. The molecule has 0 radical (unpaired) electrons. The maximum absolute atomic E-state index is 12.3. The SMILES string of the molecule is N#C/C(=C\c1ccc(Cc2ccccc2Br)cc1)C(=O)Nc1ccc(O)cc1. The van der Waals surface area contributed by atoms with Gasteiger partial charge in [0.15, 0.2) is 0 Å². The molecule has 5 heteroatoms. The summed E-state index contributed by atoms with van der Waals surface area (Å²) in [4.78, 5) is 12.3. The molecule has 28 heavy (non-hydrogen) atoms. The van der Waals surface area contributed by atoms with Crippen LogP contribution in [0.25, 0.3) is 6.08 Å². The molecule has 0 heterocycles. The summed E-state index contributed by atoms with van der Waals surface area (Å²) < 4.78 is 1.07. The van der Waals surface area contributed by atoms with E-state index in [1.807, 2.05) is 48.5 Å². The highest BCUT2D eigenvalue weighted by Crippen LogP contribution is 2.20. The first kappa shape index (κ1) is 19.4. The molecule has 0 aliphatic heterocycles. The fourth-order valence-electron chi connectivity index (χ4n) is 2.65. The van der Waals surface area contributed by atoms with E-state index < -0.39 is 5.91 Å². The lowest BCUT2D eigenvalue weighted by Gasteiger charge is -2.06. The highest BCUT2D eigenvalue weighted by atomic mass is 79.9. The number of hydrogen-bond donors (Lipinski definition) is 2. The zero-order valence-electron chi connectivity index (χ0n) is 14.9. The minimum atomic E-state index is -0.495. The summed E-state index contributed by atoms with van der Waals surface area (Å²) in [6, 6.07) is 23.8. The van der Waals surface area contributed by atoms with Crippen LogP contribution in [0.1, 0.15) is 16.7 Å². The van der Waals surface area contributed by atoms with Gasteiger partial charge in [0, 0.05) is 10.2 Å². The van der Waals surface area contributed by atoms with Crippen molar-refractivity contribution in [2.45, 2.75) is 6.42 Å². The van der Waals surface area contributed by atoms with E-state index in [-0.39, 0.29) is 11.3 Å². The van der Waals surface area contributed by atoms with E-state index in [4.69, 9.17) is 0 Å². The maximum atomic E-state index is 12.3. The molecule has 0 atom stereocenters. The Kier molecular flexibility index (Phi) is 6.25.